The van der Waals surface area contributed by atoms with Crippen molar-refractivity contribution in [2.75, 3.05) is 39.8 Å². The van der Waals surface area contributed by atoms with Crippen LogP contribution in [0.15, 0.2) is 24.3 Å². The summed E-state index contributed by atoms with van der Waals surface area (Å²) in [6.45, 7) is 9.53. The average molecular weight is 377 g/mol. The van der Waals surface area contributed by atoms with Crippen LogP contribution in [0.1, 0.15) is 29.8 Å². The number of likely N-dealkylation sites (N-methyl/N-ethyl adjacent to an activating group) is 1. The fraction of sp³-hybridized carbons (Fsp3) is 0.588. The van der Waals surface area contributed by atoms with Crippen LogP contribution < -0.4 is 11.1 Å². The van der Waals surface area contributed by atoms with Gasteiger partial charge in [-0.15, -0.1) is 24.8 Å². The molecule has 0 aromatic heterocycles. The molecule has 0 atom stereocenters. The highest BCUT2D eigenvalue weighted by Crippen LogP contribution is 2.11. The zero-order chi connectivity index (χ0) is 16.2. The van der Waals surface area contributed by atoms with Gasteiger partial charge in [0.15, 0.2) is 0 Å². The van der Waals surface area contributed by atoms with Crippen molar-refractivity contribution in [2.24, 2.45) is 5.73 Å². The first-order chi connectivity index (χ1) is 10.4. The lowest BCUT2D eigenvalue weighted by atomic mass is 10.0. The predicted octanol–water partition coefficient (Wildman–Crippen LogP) is 1.74. The Hall–Kier alpha value is -0.850. The summed E-state index contributed by atoms with van der Waals surface area (Å²) >= 11 is 0. The van der Waals surface area contributed by atoms with Crippen molar-refractivity contribution < 1.29 is 4.79 Å². The van der Waals surface area contributed by atoms with Crippen LogP contribution in [0.2, 0.25) is 0 Å². The summed E-state index contributed by atoms with van der Waals surface area (Å²) in [5.74, 6) is -0.0596. The molecule has 1 amide bonds. The SMILES string of the molecule is CN1CCN(Cc2cccc(C(=O)NC(C)(C)CN)c2)CC1.Cl.Cl. The van der Waals surface area contributed by atoms with Gasteiger partial charge in [0, 0.05) is 50.4 Å². The molecule has 1 fully saturated rings. The summed E-state index contributed by atoms with van der Waals surface area (Å²) in [4.78, 5) is 17.1. The van der Waals surface area contributed by atoms with Gasteiger partial charge in [0.2, 0.25) is 0 Å². The van der Waals surface area contributed by atoms with E-state index in [0.29, 0.717) is 12.1 Å². The maximum absolute atomic E-state index is 12.3. The molecule has 3 N–H and O–H groups in total. The molecule has 0 unspecified atom stereocenters. The zero-order valence-corrected chi connectivity index (χ0v) is 16.4. The number of nitrogens with two attached hydrogens (primary N) is 1. The Morgan fingerprint density at radius 2 is 1.83 bits per heavy atom. The molecule has 7 heteroatoms. The van der Waals surface area contributed by atoms with Crippen molar-refractivity contribution in [2.45, 2.75) is 25.9 Å². The Labute approximate surface area is 157 Å². The van der Waals surface area contributed by atoms with Crippen LogP contribution in [0, 0.1) is 0 Å². The Kier molecular flexibility index (Phi) is 9.85. The maximum atomic E-state index is 12.3. The summed E-state index contributed by atoms with van der Waals surface area (Å²) < 4.78 is 0. The number of halogens is 2. The number of amides is 1. The van der Waals surface area contributed by atoms with Crippen molar-refractivity contribution in [3.8, 4) is 0 Å². The van der Waals surface area contributed by atoms with E-state index in [2.05, 4.69) is 28.2 Å². The summed E-state index contributed by atoms with van der Waals surface area (Å²) in [6, 6.07) is 7.88. The third-order valence-corrected chi connectivity index (χ3v) is 4.15. The van der Waals surface area contributed by atoms with Crippen LogP contribution in [0.3, 0.4) is 0 Å². The molecule has 1 aromatic carbocycles. The second-order valence-electron chi connectivity index (χ2n) is 6.82. The lowest BCUT2D eigenvalue weighted by molar-refractivity contribution is 0.0915. The van der Waals surface area contributed by atoms with Gasteiger partial charge in [-0.3, -0.25) is 9.69 Å². The standard InChI is InChI=1S/C17H28N4O.2ClH/c1-17(2,13-18)19-16(22)15-6-4-5-14(11-15)12-21-9-7-20(3)8-10-21;;/h4-6,11H,7-10,12-13,18H2,1-3H3,(H,19,22);2*1H. The smallest absolute Gasteiger partial charge is 0.251 e. The minimum atomic E-state index is -0.384. The fourth-order valence-electron chi connectivity index (χ4n) is 2.51. The van der Waals surface area contributed by atoms with Gasteiger partial charge in [0.25, 0.3) is 5.91 Å². The van der Waals surface area contributed by atoms with Crippen molar-refractivity contribution in [1.29, 1.82) is 0 Å². The van der Waals surface area contributed by atoms with Crippen molar-refractivity contribution in [3.05, 3.63) is 35.4 Å². The van der Waals surface area contributed by atoms with E-state index in [-0.39, 0.29) is 36.3 Å². The van der Waals surface area contributed by atoms with Gasteiger partial charge in [-0.2, -0.15) is 0 Å². The predicted molar refractivity (Wildman–Crippen MR) is 104 cm³/mol. The zero-order valence-electron chi connectivity index (χ0n) is 14.7. The first kappa shape index (κ1) is 23.1. The lowest BCUT2D eigenvalue weighted by Gasteiger charge is -2.32. The van der Waals surface area contributed by atoms with Crippen LogP contribution >= 0.6 is 24.8 Å². The number of hydrogen-bond acceptors (Lipinski definition) is 4. The van der Waals surface area contributed by atoms with Crippen LogP contribution in [-0.2, 0) is 6.54 Å². The molecule has 0 saturated carbocycles. The maximum Gasteiger partial charge on any atom is 0.251 e. The van der Waals surface area contributed by atoms with Gasteiger partial charge in [-0.25, -0.2) is 0 Å². The second-order valence-corrected chi connectivity index (χ2v) is 6.82. The molecular weight excluding hydrogens is 347 g/mol. The number of carbonyl (C=O) groups excluding carboxylic acids is 1. The van der Waals surface area contributed by atoms with Gasteiger partial charge in [-0.1, -0.05) is 12.1 Å². The molecule has 0 aliphatic carbocycles. The third kappa shape index (κ3) is 6.95. The number of nitrogens with zero attached hydrogens (tertiary/aromatic N) is 2. The van der Waals surface area contributed by atoms with Crippen molar-refractivity contribution in [1.82, 2.24) is 15.1 Å². The molecule has 2 rings (SSSR count). The van der Waals surface area contributed by atoms with Gasteiger partial charge in [0.05, 0.1) is 0 Å². The Balaban J connectivity index is 0.00000264. The molecule has 1 heterocycles. The third-order valence-electron chi connectivity index (χ3n) is 4.15. The second kappa shape index (κ2) is 10.2. The topological polar surface area (TPSA) is 61.6 Å². The molecule has 1 aliphatic heterocycles. The number of carbonyl (C=O) groups is 1. The molecule has 1 saturated heterocycles. The summed E-state index contributed by atoms with van der Waals surface area (Å²) in [5.41, 5.74) is 7.17. The van der Waals surface area contributed by atoms with E-state index in [4.69, 9.17) is 5.73 Å². The average Bonchev–Trinajstić information content (AvgIpc) is 2.49. The molecule has 0 radical (unpaired) electrons. The van der Waals surface area contributed by atoms with Crippen molar-refractivity contribution in [3.63, 3.8) is 0 Å². The number of rotatable bonds is 5. The fourth-order valence-corrected chi connectivity index (χ4v) is 2.51. The molecule has 138 valence electrons. The summed E-state index contributed by atoms with van der Waals surface area (Å²) in [6.07, 6.45) is 0. The largest absolute Gasteiger partial charge is 0.346 e. The number of nitrogens with one attached hydrogen (secondary N) is 1. The van der Waals surface area contributed by atoms with Crippen LogP contribution in [-0.4, -0.2) is 61.0 Å². The molecule has 1 aliphatic rings. The summed E-state index contributed by atoms with van der Waals surface area (Å²) in [5, 5.41) is 2.97. The van der Waals surface area contributed by atoms with Gasteiger partial charge >= 0.3 is 0 Å². The van der Waals surface area contributed by atoms with E-state index < -0.39 is 0 Å². The molecular formula is C17H30Cl2N4O. The molecule has 5 nitrogen and oxygen atoms in total. The van der Waals surface area contributed by atoms with E-state index >= 15 is 0 Å². The first-order valence-electron chi connectivity index (χ1n) is 7.92. The van der Waals surface area contributed by atoms with Crippen LogP contribution in [0.5, 0.6) is 0 Å². The highest BCUT2D eigenvalue weighted by Gasteiger charge is 2.20. The highest BCUT2D eigenvalue weighted by molar-refractivity contribution is 5.94. The lowest BCUT2D eigenvalue weighted by Crippen LogP contribution is -2.48. The van der Waals surface area contributed by atoms with E-state index in [1.807, 2.05) is 32.0 Å². The Bertz CT molecular complexity index is 517. The Morgan fingerprint density at radius 1 is 1.21 bits per heavy atom. The monoisotopic (exact) mass is 376 g/mol. The molecule has 0 spiro atoms. The van der Waals surface area contributed by atoms with Gasteiger partial charge in [-0.05, 0) is 38.6 Å². The molecule has 0 bridgehead atoms. The van der Waals surface area contributed by atoms with Crippen LogP contribution in [0.4, 0.5) is 0 Å². The van der Waals surface area contributed by atoms with E-state index in [1.54, 1.807) is 0 Å². The normalized spacial score (nSPS) is 16.0. The minimum Gasteiger partial charge on any atom is -0.346 e. The summed E-state index contributed by atoms with van der Waals surface area (Å²) in [7, 11) is 2.15. The van der Waals surface area contributed by atoms with E-state index in [0.717, 1.165) is 32.7 Å². The Morgan fingerprint density at radius 3 is 2.42 bits per heavy atom. The van der Waals surface area contributed by atoms with Gasteiger partial charge < -0.3 is 16.0 Å². The van der Waals surface area contributed by atoms with Crippen LogP contribution in [0.25, 0.3) is 0 Å². The van der Waals surface area contributed by atoms with E-state index in [1.165, 1.54) is 5.56 Å². The quantitative estimate of drug-likeness (QED) is 0.821. The van der Waals surface area contributed by atoms with E-state index in [9.17, 15) is 4.79 Å². The molecule has 24 heavy (non-hydrogen) atoms. The van der Waals surface area contributed by atoms with Gasteiger partial charge in [0.1, 0.15) is 0 Å². The van der Waals surface area contributed by atoms with Crippen molar-refractivity contribution >= 4 is 30.7 Å². The highest BCUT2D eigenvalue weighted by atomic mass is 35.5. The minimum absolute atomic E-state index is 0. The number of hydrogen-bond donors (Lipinski definition) is 2. The molecule has 1 aromatic rings. The number of benzene rings is 1. The first-order valence-corrected chi connectivity index (χ1v) is 7.92. The number of piperazine rings is 1.